The van der Waals surface area contributed by atoms with Crippen molar-refractivity contribution >= 4 is 11.6 Å². The average molecular weight is 182 g/mol. The second-order valence-corrected chi connectivity index (χ2v) is 4.49. The van der Waals surface area contributed by atoms with Crippen LogP contribution < -0.4 is 5.32 Å². The molecule has 0 radical (unpaired) electrons. The van der Waals surface area contributed by atoms with Crippen molar-refractivity contribution in [2.45, 2.75) is 39.7 Å². The smallest absolute Gasteiger partial charge is 0.244 e. The molecule has 0 aromatic rings. The maximum Gasteiger partial charge on any atom is 0.244 e. The van der Waals surface area contributed by atoms with Crippen LogP contribution in [0.3, 0.4) is 0 Å². The van der Waals surface area contributed by atoms with Gasteiger partial charge in [0.15, 0.2) is 0 Å². The van der Waals surface area contributed by atoms with E-state index in [0.717, 1.165) is 12.8 Å². The first-order valence-corrected chi connectivity index (χ1v) is 4.74. The van der Waals surface area contributed by atoms with E-state index in [1.54, 1.807) is 7.05 Å². The number of hydrogen-bond donors (Lipinski definition) is 1. The van der Waals surface area contributed by atoms with Crippen LogP contribution in [0.25, 0.3) is 0 Å². The molecular formula is C10H18N2O. The summed E-state index contributed by atoms with van der Waals surface area (Å²) in [4.78, 5) is 15.7. The third-order valence-electron chi connectivity index (χ3n) is 2.38. The van der Waals surface area contributed by atoms with Crippen LogP contribution in [0.4, 0.5) is 0 Å². The number of nitrogens with one attached hydrogen (secondary N) is 1. The van der Waals surface area contributed by atoms with E-state index >= 15 is 0 Å². The van der Waals surface area contributed by atoms with Crippen LogP contribution in [0.5, 0.6) is 0 Å². The Morgan fingerprint density at radius 3 is 2.54 bits per heavy atom. The molecule has 3 nitrogen and oxygen atoms in total. The Bertz CT molecular complexity index is 238. The van der Waals surface area contributed by atoms with E-state index in [2.05, 4.69) is 31.1 Å². The Labute approximate surface area is 79.6 Å². The maximum absolute atomic E-state index is 11.3. The third kappa shape index (κ3) is 2.29. The lowest BCUT2D eigenvalue weighted by molar-refractivity contribution is -0.121. The first kappa shape index (κ1) is 10.2. The van der Waals surface area contributed by atoms with Crippen LogP contribution in [-0.4, -0.2) is 24.7 Å². The van der Waals surface area contributed by atoms with Gasteiger partial charge in [-0.1, -0.05) is 20.8 Å². The van der Waals surface area contributed by atoms with Gasteiger partial charge in [0.25, 0.3) is 0 Å². The average Bonchev–Trinajstić information content (AvgIpc) is 2.50. The van der Waals surface area contributed by atoms with E-state index in [1.165, 1.54) is 5.71 Å². The summed E-state index contributed by atoms with van der Waals surface area (Å²) < 4.78 is 0. The molecule has 1 aliphatic rings. The minimum atomic E-state index is -0.140. The Kier molecular flexibility index (Phi) is 2.74. The number of rotatable bonds is 1. The molecule has 1 aliphatic heterocycles. The van der Waals surface area contributed by atoms with E-state index < -0.39 is 0 Å². The van der Waals surface area contributed by atoms with Gasteiger partial charge >= 0.3 is 0 Å². The van der Waals surface area contributed by atoms with E-state index in [9.17, 15) is 4.79 Å². The molecule has 1 N–H and O–H groups in total. The van der Waals surface area contributed by atoms with Gasteiger partial charge in [-0.25, -0.2) is 0 Å². The fourth-order valence-corrected chi connectivity index (χ4v) is 1.52. The van der Waals surface area contributed by atoms with E-state index in [-0.39, 0.29) is 17.4 Å². The zero-order valence-electron chi connectivity index (χ0n) is 8.85. The largest absolute Gasteiger partial charge is 0.357 e. The summed E-state index contributed by atoms with van der Waals surface area (Å²) in [7, 11) is 1.66. The molecule has 0 fully saturated rings. The first-order valence-electron chi connectivity index (χ1n) is 4.74. The minimum Gasteiger partial charge on any atom is -0.357 e. The maximum atomic E-state index is 11.3. The normalized spacial score (nSPS) is 22.8. The highest BCUT2D eigenvalue weighted by Crippen LogP contribution is 2.26. The highest BCUT2D eigenvalue weighted by molar-refractivity contribution is 5.95. The Morgan fingerprint density at radius 1 is 1.54 bits per heavy atom. The first-order chi connectivity index (χ1) is 5.95. The van der Waals surface area contributed by atoms with Gasteiger partial charge in [0.1, 0.15) is 6.04 Å². The molecule has 0 unspecified atom stereocenters. The zero-order valence-corrected chi connectivity index (χ0v) is 8.85. The number of nitrogens with zero attached hydrogens (tertiary/aromatic N) is 1. The molecule has 0 aromatic carbocycles. The van der Waals surface area contributed by atoms with Crippen LogP contribution in [0, 0.1) is 5.41 Å². The zero-order chi connectivity index (χ0) is 10.1. The number of aliphatic imine (C=N–C) groups is 1. The van der Waals surface area contributed by atoms with Gasteiger partial charge in [0.05, 0.1) is 0 Å². The molecule has 1 heterocycles. The third-order valence-corrected chi connectivity index (χ3v) is 2.38. The van der Waals surface area contributed by atoms with Crippen molar-refractivity contribution in [2.24, 2.45) is 10.4 Å². The van der Waals surface area contributed by atoms with Crippen LogP contribution >= 0.6 is 0 Å². The van der Waals surface area contributed by atoms with Gasteiger partial charge in [-0.15, -0.1) is 0 Å². The van der Waals surface area contributed by atoms with Crippen molar-refractivity contribution < 1.29 is 4.79 Å². The van der Waals surface area contributed by atoms with Crippen LogP contribution in [0.15, 0.2) is 4.99 Å². The molecule has 74 valence electrons. The van der Waals surface area contributed by atoms with Crippen molar-refractivity contribution in [3.05, 3.63) is 0 Å². The predicted molar refractivity (Wildman–Crippen MR) is 54.0 cm³/mol. The van der Waals surface area contributed by atoms with Gasteiger partial charge in [-0.2, -0.15) is 0 Å². The summed E-state index contributed by atoms with van der Waals surface area (Å²) in [5.74, 6) is 0.0410. The van der Waals surface area contributed by atoms with Crippen molar-refractivity contribution in [3.8, 4) is 0 Å². The summed E-state index contributed by atoms with van der Waals surface area (Å²) >= 11 is 0. The number of likely N-dealkylation sites (N-methyl/N-ethyl adjacent to an activating group) is 1. The summed E-state index contributed by atoms with van der Waals surface area (Å²) in [6.07, 6.45) is 1.83. The highest BCUT2D eigenvalue weighted by atomic mass is 16.2. The standard InChI is InChI=1S/C10H18N2O/c1-10(2,3)8-6-5-7(12-8)9(13)11-4/h7H,5-6H2,1-4H3,(H,11,13)/t7-/m0/s1. The summed E-state index contributed by atoms with van der Waals surface area (Å²) in [6, 6.07) is -0.140. The van der Waals surface area contributed by atoms with Gasteiger partial charge in [0.2, 0.25) is 5.91 Å². The monoisotopic (exact) mass is 182 g/mol. The molecule has 0 bridgehead atoms. The molecule has 13 heavy (non-hydrogen) atoms. The summed E-state index contributed by atoms with van der Waals surface area (Å²) in [5.41, 5.74) is 1.28. The van der Waals surface area contributed by atoms with Crippen LogP contribution in [0.2, 0.25) is 0 Å². The molecule has 3 heteroatoms. The number of amides is 1. The molecule has 0 spiro atoms. The lowest BCUT2D eigenvalue weighted by Crippen LogP contribution is -2.28. The van der Waals surface area contributed by atoms with Crippen molar-refractivity contribution in [2.75, 3.05) is 7.05 Å². The molecular weight excluding hydrogens is 164 g/mol. The lowest BCUT2D eigenvalue weighted by Gasteiger charge is -2.17. The SMILES string of the molecule is CNC(=O)[C@@H]1CCC(C(C)(C)C)=N1. The van der Waals surface area contributed by atoms with Crippen LogP contribution in [-0.2, 0) is 4.79 Å². The Morgan fingerprint density at radius 2 is 2.15 bits per heavy atom. The molecule has 0 aromatic heterocycles. The fourth-order valence-electron chi connectivity index (χ4n) is 1.52. The topological polar surface area (TPSA) is 41.5 Å². The highest BCUT2D eigenvalue weighted by Gasteiger charge is 2.29. The fraction of sp³-hybridized carbons (Fsp3) is 0.800. The van der Waals surface area contributed by atoms with Crippen molar-refractivity contribution in [3.63, 3.8) is 0 Å². The van der Waals surface area contributed by atoms with Gasteiger partial charge < -0.3 is 5.32 Å². The molecule has 0 saturated heterocycles. The number of carbonyl (C=O) groups is 1. The summed E-state index contributed by atoms with van der Waals surface area (Å²) in [6.45, 7) is 6.41. The van der Waals surface area contributed by atoms with Gasteiger partial charge in [-0.05, 0) is 18.3 Å². The van der Waals surface area contributed by atoms with Crippen molar-refractivity contribution in [1.29, 1.82) is 0 Å². The molecule has 1 amide bonds. The van der Waals surface area contributed by atoms with Gasteiger partial charge in [0, 0.05) is 12.8 Å². The van der Waals surface area contributed by atoms with Crippen LogP contribution in [0.1, 0.15) is 33.6 Å². The number of hydrogen-bond acceptors (Lipinski definition) is 2. The van der Waals surface area contributed by atoms with Gasteiger partial charge in [-0.3, -0.25) is 9.79 Å². The predicted octanol–water partition coefficient (Wildman–Crippen LogP) is 1.38. The molecule has 1 rings (SSSR count). The minimum absolute atomic E-state index is 0.0410. The quantitative estimate of drug-likeness (QED) is 0.654. The Balaban J connectivity index is 2.69. The van der Waals surface area contributed by atoms with E-state index in [0.29, 0.717) is 0 Å². The van der Waals surface area contributed by atoms with E-state index in [4.69, 9.17) is 0 Å². The van der Waals surface area contributed by atoms with Crippen molar-refractivity contribution in [1.82, 2.24) is 5.32 Å². The Hall–Kier alpha value is -0.860. The summed E-state index contributed by atoms with van der Waals surface area (Å²) in [5, 5.41) is 2.63. The molecule has 1 atom stereocenters. The number of carbonyl (C=O) groups excluding carboxylic acids is 1. The van der Waals surface area contributed by atoms with E-state index in [1.807, 2.05) is 0 Å². The second kappa shape index (κ2) is 3.48. The molecule has 0 aliphatic carbocycles. The second-order valence-electron chi connectivity index (χ2n) is 4.49. The molecule has 0 saturated carbocycles. The lowest BCUT2D eigenvalue weighted by atomic mass is 9.88.